The number of hydrogen-bond acceptors (Lipinski definition) is 8. The first-order valence-electron chi connectivity index (χ1n) is 10.4. The summed E-state index contributed by atoms with van der Waals surface area (Å²) in [7, 11) is 0. The molecule has 1 amide bonds. The van der Waals surface area contributed by atoms with Crippen LogP contribution in [-0.4, -0.2) is 46.7 Å². The van der Waals surface area contributed by atoms with Crippen molar-refractivity contribution in [1.82, 2.24) is 4.98 Å². The molecule has 0 fully saturated rings. The minimum atomic E-state index is -4.15. The Morgan fingerprint density at radius 1 is 1.19 bits per heavy atom. The third-order valence-electron chi connectivity index (χ3n) is 4.83. The molecule has 2 aromatic carbocycles. The lowest BCUT2D eigenvalue weighted by atomic mass is 10.1. The average molecular weight is 561 g/mol. The maximum absolute atomic E-state index is 14.0. The smallest absolute Gasteiger partial charge is 0.475 e. The minimum absolute atomic E-state index is 0.0309. The Labute approximate surface area is 217 Å². The fraction of sp³-hybridized carbons (Fsp3) is 0.217. The molecule has 0 bridgehead atoms. The molecule has 3 aromatic rings. The van der Waals surface area contributed by atoms with Crippen LogP contribution >= 0.6 is 23.2 Å². The second-order valence-corrected chi connectivity index (χ2v) is 8.38. The monoisotopic (exact) mass is 560 g/mol. The summed E-state index contributed by atoms with van der Waals surface area (Å²) < 4.78 is 61.4. The van der Waals surface area contributed by atoms with Gasteiger partial charge >= 0.3 is 6.29 Å². The van der Waals surface area contributed by atoms with Gasteiger partial charge in [0, 0.05) is 30.1 Å². The van der Waals surface area contributed by atoms with Gasteiger partial charge in [-0.15, -0.1) is 8.78 Å². The Hall–Kier alpha value is -3.29. The lowest BCUT2D eigenvalue weighted by Gasteiger charge is -2.31. The summed E-state index contributed by atoms with van der Waals surface area (Å²) in [6.45, 7) is -0.758. The van der Waals surface area contributed by atoms with Crippen molar-refractivity contribution in [3.8, 4) is 17.4 Å². The van der Waals surface area contributed by atoms with E-state index in [1.54, 1.807) is 0 Å². The number of carbonyl (C=O) groups excluding carboxylic acids is 1. The van der Waals surface area contributed by atoms with E-state index in [-0.39, 0.29) is 45.1 Å². The van der Waals surface area contributed by atoms with Crippen LogP contribution in [0.3, 0.4) is 0 Å². The third kappa shape index (κ3) is 6.53. The molecule has 1 aliphatic rings. The standard InChI is InChI=1S/C23H17Cl2F3N2O7/c24-16-7-15(21(33)30-12-3-4-29-20(6-12)34-10-13(32)9-31)18(8-17(16)25)35-22-14-2-1-11(26)5-19(14)36-23(27,28)37-22/h1-8,13,22,31-32H,9-10H2,(H,29,30,33)/t13?,22-/m1/s1. The van der Waals surface area contributed by atoms with E-state index in [0.717, 1.165) is 30.3 Å². The lowest BCUT2D eigenvalue weighted by molar-refractivity contribution is -0.405. The number of hydrogen-bond donors (Lipinski definition) is 3. The normalized spacial score (nSPS) is 16.8. The van der Waals surface area contributed by atoms with Gasteiger partial charge in [-0.1, -0.05) is 23.2 Å². The highest BCUT2D eigenvalue weighted by Crippen LogP contribution is 2.43. The fourth-order valence-corrected chi connectivity index (χ4v) is 3.45. The number of anilines is 1. The van der Waals surface area contributed by atoms with Gasteiger partial charge in [0.25, 0.3) is 5.91 Å². The molecule has 0 saturated heterocycles. The quantitative estimate of drug-likeness (QED) is 0.367. The van der Waals surface area contributed by atoms with E-state index >= 15 is 0 Å². The first-order valence-corrected chi connectivity index (χ1v) is 11.2. The number of ether oxygens (including phenoxy) is 4. The van der Waals surface area contributed by atoms with Crippen LogP contribution in [0.4, 0.5) is 18.9 Å². The largest absolute Gasteiger partial charge is 0.538 e. The predicted octanol–water partition coefficient (Wildman–Crippen LogP) is 4.55. The number of alkyl halides is 2. The molecular formula is C23H17Cl2F3N2O7. The SMILES string of the molecule is O=C(Nc1ccnc(OCC(O)CO)c1)c1cc(Cl)c(Cl)cc1O[C@@H]1OC(F)(F)Oc2cc(F)ccc21. The first-order chi connectivity index (χ1) is 17.5. The van der Waals surface area contributed by atoms with Gasteiger partial charge in [-0.3, -0.25) is 4.79 Å². The molecule has 2 heterocycles. The molecule has 2 atom stereocenters. The Kier molecular flexibility index (Phi) is 7.95. The van der Waals surface area contributed by atoms with Crippen LogP contribution in [-0.2, 0) is 4.74 Å². The summed E-state index contributed by atoms with van der Waals surface area (Å²) in [5, 5.41) is 20.8. The van der Waals surface area contributed by atoms with E-state index in [1.165, 1.54) is 18.3 Å². The van der Waals surface area contributed by atoms with Crippen molar-refractivity contribution in [2.45, 2.75) is 18.7 Å². The Bertz CT molecular complexity index is 1320. The second-order valence-electron chi connectivity index (χ2n) is 7.56. The summed E-state index contributed by atoms with van der Waals surface area (Å²) in [6, 6.07) is 7.94. The number of halogens is 5. The van der Waals surface area contributed by atoms with Gasteiger partial charge in [0.1, 0.15) is 30.0 Å². The summed E-state index contributed by atoms with van der Waals surface area (Å²) >= 11 is 12.1. The van der Waals surface area contributed by atoms with Crippen LogP contribution in [0.15, 0.2) is 48.7 Å². The summed E-state index contributed by atoms with van der Waals surface area (Å²) in [5.74, 6) is -2.35. The number of aliphatic hydroxyl groups excluding tert-OH is 2. The molecule has 1 aliphatic heterocycles. The van der Waals surface area contributed by atoms with Gasteiger partial charge < -0.3 is 29.7 Å². The molecule has 4 rings (SSSR count). The topological polar surface area (TPSA) is 119 Å². The highest BCUT2D eigenvalue weighted by molar-refractivity contribution is 6.42. The number of aliphatic hydroxyl groups is 2. The van der Waals surface area contributed by atoms with E-state index in [0.29, 0.717) is 0 Å². The third-order valence-corrected chi connectivity index (χ3v) is 5.55. The highest BCUT2D eigenvalue weighted by Gasteiger charge is 2.45. The number of nitrogens with one attached hydrogen (secondary N) is 1. The number of fused-ring (bicyclic) bond motifs is 1. The Morgan fingerprint density at radius 2 is 1.95 bits per heavy atom. The van der Waals surface area contributed by atoms with Gasteiger partial charge in [-0.2, -0.15) is 0 Å². The van der Waals surface area contributed by atoms with Crippen molar-refractivity contribution >= 4 is 34.8 Å². The Morgan fingerprint density at radius 3 is 2.70 bits per heavy atom. The van der Waals surface area contributed by atoms with Crippen molar-refractivity contribution < 1.29 is 47.1 Å². The molecule has 3 N–H and O–H groups in total. The molecule has 1 unspecified atom stereocenters. The molecule has 1 aromatic heterocycles. The fourth-order valence-electron chi connectivity index (χ4n) is 3.14. The Balaban J connectivity index is 1.60. The van der Waals surface area contributed by atoms with E-state index in [2.05, 4.69) is 19.8 Å². The van der Waals surface area contributed by atoms with Crippen LogP contribution in [0.2, 0.25) is 10.0 Å². The lowest BCUT2D eigenvalue weighted by Crippen LogP contribution is -2.37. The van der Waals surface area contributed by atoms with Gasteiger partial charge in [0.2, 0.25) is 12.2 Å². The van der Waals surface area contributed by atoms with E-state index < -0.39 is 42.8 Å². The summed E-state index contributed by atoms with van der Waals surface area (Å²) in [5.41, 5.74) is -0.0580. The molecule has 9 nitrogen and oxygen atoms in total. The summed E-state index contributed by atoms with van der Waals surface area (Å²) in [4.78, 5) is 17.0. The molecule has 14 heteroatoms. The number of pyridine rings is 1. The van der Waals surface area contributed by atoms with E-state index in [1.807, 2.05) is 0 Å². The van der Waals surface area contributed by atoms with Crippen molar-refractivity contribution in [3.05, 3.63) is 75.7 Å². The van der Waals surface area contributed by atoms with Crippen molar-refractivity contribution in [2.24, 2.45) is 0 Å². The number of amides is 1. The number of benzene rings is 2. The van der Waals surface area contributed by atoms with Crippen LogP contribution in [0, 0.1) is 5.82 Å². The average Bonchev–Trinajstić information content (AvgIpc) is 2.83. The number of nitrogens with zero attached hydrogens (tertiary/aromatic N) is 1. The summed E-state index contributed by atoms with van der Waals surface area (Å²) in [6.07, 6.45) is -5.77. The van der Waals surface area contributed by atoms with Crippen molar-refractivity contribution in [3.63, 3.8) is 0 Å². The second kappa shape index (κ2) is 11.0. The van der Waals surface area contributed by atoms with Gasteiger partial charge in [-0.25, -0.2) is 14.1 Å². The zero-order chi connectivity index (χ0) is 26.7. The number of rotatable bonds is 8. The molecule has 0 spiro atoms. The van der Waals surface area contributed by atoms with Gasteiger partial charge in [0.05, 0.1) is 27.8 Å². The zero-order valence-corrected chi connectivity index (χ0v) is 20.0. The predicted molar refractivity (Wildman–Crippen MR) is 124 cm³/mol. The molecule has 196 valence electrons. The molecule has 0 radical (unpaired) electrons. The van der Waals surface area contributed by atoms with Crippen molar-refractivity contribution in [1.29, 1.82) is 0 Å². The minimum Gasteiger partial charge on any atom is -0.475 e. The van der Waals surface area contributed by atoms with Crippen molar-refractivity contribution in [2.75, 3.05) is 18.5 Å². The maximum Gasteiger partial charge on any atom is 0.538 e. The van der Waals surface area contributed by atoms with Gasteiger partial charge in [0.15, 0.2) is 0 Å². The number of carbonyl (C=O) groups is 1. The van der Waals surface area contributed by atoms with Gasteiger partial charge in [-0.05, 0) is 24.3 Å². The molecule has 0 saturated carbocycles. The molecule has 0 aliphatic carbocycles. The number of aromatic nitrogens is 1. The zero-order valence-electron chi connectivity index (χ0n) is 18.5. The maximum atomic E-state index is 14.0. The van der Waals surface area contributed by atoms with Crippen LogP contribution in [0.25, 0.3) is 0 Å². The van der Waals surface area contributed by atoms with Crippen LogP contribution in [0.1, 0.15) is 22.2 Å². The molecule has 37 heavy (non-hydrogen) atoms. The molecular weight excluding hydrogens is 544 g/mol. The van der Waals surface area contributed by atoms with E-state index in [4.69, 9.17) is 37.8 Å². The first kappa shape index (κ1) is 26.8. The van der Waals surface area contributed by atoms with Crippen LogP contribution < -0.4 is 19.5 Å². The van der Waals surface area contributed by atoms with Crippen LogP contribution in [0.5, 0.6) is 17.4 Å². The van der Waals surface area contributed by atoms with E-state index in [9.17, 15) is 23.1 Å². The highest BCUT2D eigenvalue weighted by atomic mass is 35.5.